The highest BCUT2D eigenvalue weighted by molar-refractivity contribution is 6.01. The van der Waals surface area contributed by atoms with Gasteiger partial charge in [-0.3, -0.25) is 4.79 Å². The van der Waals surface area contributed by atoms with E-state index in [1.165, 1.54) is 12.1 Å². The van der Waals surface area contributed by atoms with Crippen LogP contribution in [0.4, 0.5) is 4.39 Å². The Kier molecular flexibility index (Phi) is 5.43. The maximum Gasteiger partial charge on any atom is 0.222 e. The summed E-state index contributed by atoms with van der Waals surface area (Å²) in [6.45, 7) is 2.62. The van der Waals surface area contributed by atoms with E-state index in [0.717, 1.165) is 16.8 Å². The van der Waals surface area contributed by atoms with E-state index in [9.17, 15) is 9.18 Å². The molecule has 0 saturated carbocycles. The molecule has 1 atom stereocenters. The minimum absolute atomic E-state index is 0.0148. The van der Waals surface area contributed by atoms with Gasteiger partial charge in [0.25, 0.3) is 0 Å². The van der Waals surface area contributed by atoms with Crippen LogP contribution in [0.5, 0.6) is 0 Å². The van der Waals surface area contributed by atoms with Crippen molar-refractivity contribution in [3.8, 4) is 0 Å². The third-order valence-electron chi connectivity index (χ3n) is 4.18. The largest absolute Gasteiger partial charge is 0.390 e. The van der Waals surface area contributed by atoms with E-state index in [1.807, 2.05) is 43.3 Å². The second-order valence-electron chi connectivity index (χ2n) is 6.09. The molecule has 0 radical (unpaired) electrons. The van der Waals surface area contributed by atoms with E-state index in [-0.39, 0.29) is 17.8 Å². The van der Waals surface area contributed by atoms with Gasteiger partial charge in [0.2, 0.25) is 5.91 Å². The van der Waals surface area contributed by atoms with Crippen LogP contribution in [-0.2, 0) is 16.2 Å². The first-order valence-corrected chi connectivity index (χ1v) is 8.46. The van der Waals surface area contributed by atoms with Crippen molar-refractivity contribution >= 4 is 11.6 Å². The fourth-order valence-electron chi connectivity index (χ4n) is 2.91. The Labute approximate surface area is 146 Å². The van der Waals surface area contributed by atoms with Crippen molar-refractivity contribution in [3.63, 3.8) is 0 Å². The summed E-state index contributed by atoms with van der Waals surface area (Å²) in [6.07, 6.45) is 0.869. The summed E-state index contributed by atoms with van der Waals surface area (Å²) in [5, 5.41) is 4.17. The quantitative estimate of drug-likeness (QED) is 0.803. The lowest BCUT2D eigenvalue weighted by Crippen LogP contribution is -2.36. The summed E-state index contributed by atoms with van der Waals surface area (Å²) in [5.41, 5.74) is 2.69. The van der Waals surface area contributed by atoms with Crippen LogP contribution < -0.4 is 0 Å². The minimum Gasteiger partial charge on any atom is -0.390 e. The summed E-state index contributed by atoms with van der Waals surface area (Å²) < 4.78 is 13.4. The zero-order valence-corrected chi connectivity index (χ0v) is 14.2. The van der Waals surface area contributed by atoms with Crippen LogP contribution in [-0.4, -0.2) is 29.2 Å². The van der Waals surface area contributed by atoms with Crippen LogP contribution >= 0.6 is 0 Å². The maximum atomic E-state index is 13.4. The summed E-state index contributed by atoms with van der Waals surface area (Å²) >= 11 is 0. The van der Waals surface area contributed by atoms with Crippen molar-refractivity contribution < 1.29 is 14.0 Å². The highest BCUT2D eigenvalue weighted by Gasteiger charge is 2.26. The highest BCUT2D eigenvalue weighted by atomic mass is 19.1. The molecule has 130 valence electrons. The molecule has 2 aromatic rings. The van der Waals surface area contributed by atoms with E-state index >= 15 is 0 Å². The zero-order valence-electron chi connectivity index (χ0n) is 14.2. The average molecular weight is 340 g/mol. The van der Waals surface area contributed by atoms with Crippen molar-refractivity contribution in [2.24, 2.45) is 5.16 Å². The van der Waals surface area contributed by atoms with Crippen molar-refractivity contribution in [2.45, 2.75) is 32.4 Å². The molecule has 4 nitrogen and oxygen atoms in total. The van der Waals surface area contributed by atoms with Crippen LogP contribution in [0.3, 0.4) is 0 Å². The first kappa shape index (κ1) is 17.1. The van der Waals surface area contributed by atoms with Crippen LogP contribution in [0, 0.1) is 5.82 Å². The first-order valence-electron chi connectivity index (χ1n) is 8.46. The highest BCUT2D eigenvalue weighted by Crippen LogP contribution is 2.19. The molecule has 1 heterocycles. The van der Waals surface area contributed by atoms with Crippen molar-refractivity contribution in [1.29, 1.82) is 0 Å². The molecule has 3 rings (SSSR count). The van der Waals surface area contributed by atoms with Gasteiger partial charge in [0.15, 0.2) is 6.10 Å². The molecule has 0 bridgehead atoms. The Morgan fingerprint density at radius 3 is 2.76 bits per heavy atom. The monoisotopic (exact) mass is 340 g/mol. The number of halogens is 1. The normalized spacial score (nSPS) is 16.2. The Bertz CT molecular complexity index is 761. The van der Waals surface area contributed by atoms with Gasteiger partial charge in [-0.05, 0) is 23.3 Å². The third-order valence-corrected chi connectivity index (χ3v) is 4.18. The van der Waals surface area contributed by atoms with Crippen LogP contribution in [0.25, 0.3) is 0 Å². The molecule has 0 saturated heterocycles. The lowest BCUT2D eigenvalue weighted by molar-refractivity contribution is -0.133. The second kappa shape index (κ2) is 7.92. The predicted molar refractivity (Wildman–Crippen MR) is 94.6 cm³/mol. The lowest BCUT2D eigenvalue weighted by Gasteiger charge is -2.24. The Morgan fingerprint density at radius 2 is 2.04 bits per heavy atom. The summed E-state index contributed by atoms with van der Waals surface area (Å²) in [6, 6.07) is 16.2. The summed E-state index contributed by atoms with van der Waals surface area (Å²) in [7, 11) is 0. The standard InChI is InChI=1S/C20H21FN2O2/c1-2-20(24)23(13-15-7-6-10-17(21)11-15)14-18-12-19(22-25-18)16-8-4-3-5-9-16/h3-11,18H,2,12-14H2,1H3/t18-/m1/s1. The molecule has 0 aliphatic carbocycles. The van der Waals surface area contributed by atoms with E-state index in [0.29, 0.717) is 25.9 Å². The second-order valence-corrected chi connectivity index (χ2v) is 6.09. The predicted octanol–water partition coefficient (Wildman–Crippen LogP) is 3.76. The third kappa shape index (κ3) is 4.44. The van der Waals surface area contributed by atoms with Gasteiger partial charge in [-0.25, -0.2) is 4.39 Å². The topological polar surface area (TPSA) is 41.9 Å². The summed E-state index contributed by atoms with van der Waals surface area (Å²) in [4.78, 5) is 19.5. The van der Waals surface area contributed by atoms with Gasteiger partial charge >= 0.3 is 0 Å². The molecule has 25 heavy (non-hydrogen) atoms. The molecule has 0 N–H and O–H groups in total. The van der Waals surface area contributed by atoms with Gasteiger partial charge in [0.1, 0.15) is 5.82 Å². The molecular weight excluding hydrogens is 319 g/mol. The number of carbonyl (C=O) groups is 1. The lowest BCUT2D eigenvalue weighted by atomic mass is 10.0. The SMILES string of the molecule is CCC(=O)N(Cc1cccc(F)c1)C[C@H]1CC(c2ccccc2)=NO1. The molecule has 0 unspecified atom stereocenters. The number of amides is 1. The molecule has 5 heteroatoms. The molecule has 2 aromatic carbocycles. The van der Waals surface area contributed by atoms with Crippen molar-refractivity contribution in [2.75, 3.05) is 6.54 Å². The fraction of sp³-hybridized carbons (Fsp3) is 0.300. The number of benzene rings is 2. The fourth-order valence-corrected chi connectivity index (χ4v) is 2.91. The first-order chi connectivity index (χ1) is 12.2. The van der Waals surface area contributed by atoms with Crippen LogP contribution in [0.2, 0.25) is 0 Å². The Balaban J connectivity index is 1.65. The van der Waals surface area contributed by atoms with E-state index < -0.39 is 0 Å². The van der Waals surface area contributed by atoms with E-state index in [4.69, 9.17) is 4.84 Å². The molecule has 0 fully saturated rings. The average Bonchev–Trinajstić information content (AvgIpc) is 3.10. The number of rotatable bonds is 6. The Hall–Kier alpha value is -2.69. The van der Waals surface area contributed by atoms with Crippen molar-refractivity contribution in [1.82, 2.24) is 4.90 Å². The molecular formula is C20H21FN2O2. The summed E-state index contributed by atoms with van der Waals surface area (Å²) in [5.74, 6) is -0.283. The number of nitrogens with zero attached hydrogens (tertiary/aromatic N) is 2. The maximum absolute atomic E-state index is 13.4. The van der Waals surface area contributed by atoms with Gasteiger partial charge in [0.05, 0.1) is 12.3 Å². The van der Waals surface area contributed by atoms with Crippen molar-refractivity contribution in [3.05, 3.63) is 71.5 Å². The van der Waals surface area contributed by atoms with Crippen LogP contribution in [0.15, 0.2) is 59.8 Å². The van der Waals surface area contributed by atoms with E-state index in [2.05, 4.69) is 5.16 Å². The van der Waals surface area contributed by atoms with Gasteiger partial charge in [-0.2, -0.15) is 0 Å². The number of oxime groups is 1. The number of hydrogen-bond acceptors (Lipinski definition) is 3. The van der Waals surface area contributed by atoms with Crippen LogP contribution in [0.1, 0.15) is 30.9 Å². The molecule has 1 aliphatic heterocycles. The van der Waals surface area contributed by atoms with Gasteiger partial charge < -0.3 is 9.74 Å². The molecule has 0 spiro atoms. The van der Waals surface area contributed by atoms with Gasteiger partial charge in [-0.15, -0.1) is 0 Å². The number of hydrogen-bond donors (Lipinski definition) is 0. The van der Waals surface area contributed by atoms with Gasteiger partial charge in [-0.1, -0.05) is 54.5 Å². The smallest absolute Gasteiger partial charge is 0.222 e. The molecule has 1 amide bonds. The Morgan fingerprint density at radius 1 is 1.24 bits per heavy atom. The number of carbonyl (C=O) groups excluding carboxylic acids is 1. The van der Waals surface area contributed by atoms with E-state index in [1.54, 1.807) is 11.0 Å². The minimum atomic E-state index is -0.298. The van der Waals surface area contributed by atoms with Gasteiger partial charge in [0, 0.05) is 19.4 Å². The zero-order chi connectivity index (χ0) is 17.6. The molecule has 1 aliphatic rings. The molecule has 0 aromatic heterocycles.